The molecule has 0 unspecified atom stereocenters. The van der Waals surface area contributed by atoms with Crippen LogP contribution in [0.1, 0.15) is 33.2 Å². The first kappa shape index (κ1) is 35.3. The van der Waals surface area contributed by atoms with E-state index in [4.69, 9.17) is 25.4 Å². The molecule has 0 spiro atoms. The fraction of sp³-hybridized carbons (Fsp3) is 0.138. The summed E-state index contributed by atoms with van der Waals surface area (Å²) in [7, 11) is -8.04. The summed E-state index contributed by atoms with van der Waals surface area (Å²) in [6.45, 7) is 3.68. The molecule has 4 aromatic carbocycles. The first-order chi connectivity index (χ1) is 20.5. The molecule has 0 fully saturated rings. The van der Waals surface area contributed by atoms with E-state index in [9.17, 15) is 31.7 Å². The number of aryl methyl sites for hydroxylation is 2. The Morgan fingerprint density at radius 3 is 1.77 bits per heavy atom. The standard InChI is InChI=1S/C15H9ClNO4.2C7H8O3S.Tl/c16-10-4-5-14-12(7-10)13(18)8-15(21-14)9-2-1-3-11(6-9)17(19)20;2*1-6-2-4-7(5-3-6)11(8,9)10;/h1-8,15H;2*2-5H,1H3,(H,8,9,10);/t15-;;;/m1.../s1. The Bertz CT molecular complexity index is 1810. The van der Waals surface area contributed by atoms with E-state index in [1.807, 2.05) is 13.8 Å². The van der Waals surface area contributed by atoms with Gasteiger partial charge in [0.25, 0.3) is 20.2 Å². The number of non-ortho nitro benzene ring substituents is 1. The fourth-order valence-corrected chi connectivity index (χ4v) is 6.84. The Morgan fingerprint density at radius 2 is 1.32 bits per heavy atom. The number of rotatable bonds is 4. The van der Waals surface area contributed by atoms with E-state index in [1.54, 1.807) is 54.6 Å². The van der Waals surface area contributed by atoms with Gasteiger partial charge in [-0.05, 0) is 38.1 Å². The summed E-state index contributed by atoms with van der Waals surface area (Å²) in [6.07, 6.45) is -0.480. The molecule has 5 rings (SSSR count). The van der Waals surface area contributed by atoms with E-state index in [0.717, 1.165) is 11.1 Å². The van der Waals surface area contributed by atoms with Gasteiger partial charge >= 0.3 is 147 Å². The van der Waals surface area contributed by atoms with Crippen LogP contribution in [0.3, 0.4) is 0 Å². The van der Waals surface area contributed by atoms with E-state index in [-0.39, 0.29) is 24.7 Å². The van der Waals surface area contributed by atoms with Crippen LogP contribution in [0.5, 0.6) is 5.75 Å². The number of carbonyl (C=O) groups excluding carboxylic acids is 1. The van der Waals surface area contributed by atoms with Gasteiger partial charge in [0.05, 0.1) is 9.79 Å². The van der Waals surface area contributed by atoms with Gasteiger partial charge in [0.15, 0.2) is 0 Å². The molecule has 1 aliphatic heterocycles. The molecule has 0 radical (unpaired) electrons. The van der Waals surface area contributed by atoms with Gasteiger partial charge < -0.3 is 0 Å². The summed E-state index contributed by atoms with van der Waals surface area (Å²) in [5, 5.41) is 11.4. The summed E-state index contributed by atoms with van der Waals surface area (Å²) in [4.78, 5) is 22.9. The molecule has 0 saturated heterocycles. The second-order valence-electron chi connectivity index (χ2n) is 9.50. The van der Waals surface area contributed by atoms with Gasteiger partial charge in [0.2, 0.25) is 0 Å². The summed E-state index contributed by atoms with van der Waals surface area (Å²) >= 11 is 6.27. The van der Waals surface area contributed by atoms with Crippen molar-refractivity contribution >= 4 is 69.1 Å². The average Bonchev–Trinajstić information content (AvgIpc) is 2.95. The molecule has 1 aliphatic rings. The number of hydrogen-bond donors (Lipinski definition) is 2. The van der Waals surface area contributed by atoms with E-state index in [2.05, 4.69) is 0 Å². The number of benzene rings is 4. The van der Waals surface area contributed by atoms with Crippen molar-refractivity contribution in [1.82, 2.24) is 0 Å². The second-order valence-corrected chi connectivity index (χ2v) is 15.6. The maximum atomic E-state index is 12.5. The monoisotopic (exact) mass is 851 g/mol. The Labute approximate surface area is 275 Å². The number of nitro groups is 1. The zero-order chi connectivity index (χ0) is 32.8. The molecule has 15 heteroatoms. The number of nitro benzene ring substituents is 1. The van der Waals surface area contributed by atoms with Crippen LogP contribution in [0.25, 0.3) is 0 Å². The zero-order valence-corrected chi connectivity index (χ0v) is 30.1. The molecule has 0 amide bonds. The van der Waals surface area contributed by atoms with Gasteiger partial charge in [-0.15, -0.1) is 0 Å². The average molecular weight is 851 g/mol. The molecule has 2 atom stereocenters. The molecule has 0 aliphatic carbocycles. The van der Waals surface area contributed by atoms with E-state index in [0.29, 0.717) is 47.7 Å². The van der Waals surface area contributed by atoms with Crippen molar-refractivity contribution in [3.05, 3.63) is 128 Å². The van der Waals surface area contributed by atoms with Crippen molar-refractivity contribution in [2.45, 2.75) is 33.2 Å². The third-order valence-corrected chi connectivity index (χ3v) is 10.6. The summed E-state index contributed by atoms with van der Waals surface area (Å²) in [5.74, 6) is 0.466. The first-order valence-corrected chi connectivity index (χ1v) is 18.4. The third-order valence-electron chi connectivity index (χ3n) is 6.14. The number of ketones is 1. The van der Waals surface area contributed by atoms with E-state index >= 15 is 0 Å². The maximum absolute atomic E-state index is 12.5. The number of Topliss-reactive ketones (excluding diaryl/α,β-unsaturated/α-hetero) is 1. The zero-order valence-electron chi connectivity index (χ0n) is 23.2. The third kappa shape index (κ3) is 9.64. The topological polar surface area (TPSA) is 178 Å². The molecule has 11 nitrogen and oxygen atoms in total. The quantitative estimate of drug-likeness (QED) is 0.107. The molecule has 0 bridgehead atoms. The number of ether oxygens (including phenoxy) is 1. The molecule has 228 valence electrons. The number of halogens is 1. The predicted octanol–water partition coefficient (Wildman–Crippen LogP) is 6.01. The molecular weight excluding hydrogens is 826 g/mol. The van der Waals surface area contributed by atoms with Gasteiger partial charge in [-0.2, -0.15) is 16.8 Å². The molecular formula is C29H25ClNO10S2Tl. The van der Waals surface area contributed by atoms with Gasteiger partial charge in [0, 0.05) is 0 Å². The van der Waals surface area contributed by atoms with E-state index < -0.39 is 31.3 Å². The van der Waals surface area contributed by atoms with Crippen molar-refractivity contribution in [2.75, 3.05) is 0 Å². The van der Waals surface area contributed by atoms with Crippen molar-refractivity contribution in [2.24, 2.45) is 0 Å². The Kier molecular flexibility index (Phi) is 11.8. The summed E-state index contributed by atoms with van der Waals surface area (Å²) < 4.78 is 64.7. The van der Waals surface area contributed by atoms with Crippen LogP contribution < -0.4 is 4.74 Å². The van der Waals surface area contributed by atoms with Crippen LogP contribution in [-0.2, 0) is 20.2 Å². The number of hydrogen-bond acceptors (Lipinski definition) is 8. The van der Waals surface area contributed by atoms with Crippen molar-refractivity contribution < 1.29 is 40.4 Å². The SMILES string of the molecule is Cc1ccc(S(=O)(=O)O)cc1.Cc1ccc(S(=O)(=O)O)cc1.O=C1c2cc(Cl)ccc2O[C@@H](c2cccc([N+](=O)[O-])c2)[C@@H]1[Tl]. The second kappa shape index (κ2) is 14.7. The van der Waals surface area contributed by atoms with Crippen molar-refractivity contribution in [3.8, 4) is 5.75 Å². The Hall–Kier alpha value is -3.22. The van der Waals surface area contributed by atoms with Crippen LogP contribution in [0.2, 0.25) is 8.50 Å². The molecule has 1 heterocycles. The van der Waals surface area contributed by atoms with Crippen molar-refractivity contribution in [1.29, 1.82) is 0 Å². The minimum atomic E-state index is -4.02. The van der Waals surface area contributed by atoms with Crippen LogP contribution >= 0.6 is 11.6 Å². The number of fused-ring (bicyclic) bond motifs is 1. The Morgan fingerprint density at radius 1 is 0.818 bits per heavy atom. The van der Waals surface area contributed by atoms with Crippen LogP contribution in [-0.4, -0.2) is 62.4 Å². The fourth-order valence-electron chi connectivity index (χ4n) is 3.84. The predicted molar refractivity (Wildman–Crippen MR) is 164 cm³/mol. The van der Waals surface area contributed by atoms with Gasteiger partial charge in [-0.1, -0.05) is 35.4 Å². The molecule has 44 heavy (non-hydrogen) atoms. The van der Waals surface area contributed by atoms with Gasteiger partial charge in [-0.3, -0.25) is 9.11 Å². The molecule has 0 saturated carbocycles. The van der Waals surface area contributed by atoms with Crippen molar-refractivity contribution in [3.63, 3.8) is 0 Å². The number of nitrogens with zero attached hydrogens (tertiary/aromatic N) is 1. The Balaban J connectivity index is 0.000000202. The first-order valence-electron chi connectivity index (χ1n) is 12.6. The van der Waals surface area contributed by atoms with Crippen LogP contribution in [0, 0.1) is 24.0 Å². The molecule has 4 aromatic rings. The van der Waals surface area contributed by atoms with E-state index in [1.165, 1.54) is 36.4 Å². The summed E-state index contributed by atoms with van der Waals surface area (Å²) in [6, 6.07) is 23.2. The normalized spacial score (nSPS) is 15.8. The van der Waals surface area contributed by atoms with Gasteiger partial charge in [0.1, 0.15) is 0 Å². The minimum absolute atomic E-state index is 0.00680. The summed E-state index contributed by atoms with van der Waals surface area (Å²) in [5.41, 5.74) is 3.04. The van der Waals surface area contributed by atoms with Crippen LogP contribution in [0.15, 0.2) is 101 Å². The molecule has 2 N–H and O–H groups in total. The number of carbonyl (C=O) groups is 1. The molecule has 0 aromatic heterocycles. The van der Waals surface area contributed by atoms with Crippen LogP contribution in [0.4, 0.5) is 5.69 Å². The van der Waals surface area contributed by atoms with Gasteiger partial charge in [-0.25, -0.2) is 0 Å².